The summed E-state index contributed by atoms with van der Waals surface area (Å²) in [4.78, 5) is 28.7. The van der Waals surface area contributed by atoms with Crippen molar-refractivity contribution in [1.29, 1.82) is 0 Å². The van der Waals surface area contributed by atoms with E-state index in [-0.39, 0.29) is 29.1 Å². The van der Waals surface area contributed by atoms with Crippen LogP contribution in [0.1, 0.15) is 50.3 Å². The zero-order chi connectivity index (χ0) is 29.4. The molecule has 7 nitrogen and oxygen atoms in total. The van der Waals surface area contributed by atoms with Gasteiger partial charge in [-0.25, -0.2) is 12.8 Å². The van der Waals surface area contributed by atoms with Crippen molar-refractivity contribution in [3.05, 3.63) is 95.3 Å². The second-order valence-electron chi connectivity index (χ2n) is 9.99. The Kier molecular flexibility index (Phi) is 10.5. The van der Waals surface area contributed by atoms with Gasteiger partial charge >= 0.3 is 0 Å². The number of amides is 2. The zero-order valence-electron chi connectivity index (χ0n) is 23.7. The maximum atomic E-state index is 14.1. The fourth-order valence-electron chi connectivity index (χ4n) is 4.31. The molecule has 0 fully saturated rings. The van der Waals surface area contributed by atoms with Crippen LogP contribution < -0.4 is 9.62 Å². The fraction of sp³-hybridized carbons (Fsp3) is 0.355. The molecule has 3 aromatic rings. The number of carbonyl (C=O) groups excluding carboxylic acids is 2. The van der Waals surface area contributed by atoms with Crippen molar-refractivity contribution in [1.82, 2.24) is 10.2 Å². The molecular formula is C31H38FN3O4S. The number of anilines is 1. The first-order chi connectivity index (χ1) is 19.0. The molecule has 0 bridgehead atoms. The second-order valence-corrected chi connectivity index (χ2v) is 11.9. The Morgan fingerprint density at radius 1 is 0.900 bits per heavy atom. The largest absolute Gasteiger partial charge is 0.352 e. The summed E-state index contributed by atoms with van der Waals surface area (Å²) in [5.41, 5.74) is 3.01. The number of rotatable bonds is 12. The lowest BCUT2D eigenvalue weighted by molar-refractivity contribution is -0.140. The van der Waals surface area contributed by atoms with E-state index in [1.54, 1.807) is 24.3 Å². The van der Waals surface area contributed by atoms with Crippen LogP contribution in [-0.4, -0.2) is 43.8 Å². The highest BCUT2D eigenvalue weighted by Gasteiger charge is 2.34. The van der Waals surface area contributed by atoms with Gasteiger partial charge < -0.3 is 10.2 Å². The van der Waals surface area contributed by atoms with E-state index in [0.717, 1.165) is 39.5 Å². The summed E-state index contributed by atoms with van der Waals surface area (Å²) in [7, 11) is -4.25. The van der Waals surface area contributed by atoms with Crippen molar-refractivity contribution in [2.24, 2.45) is 0 Å². The van der Waals surface area contributed by atoms with Crippen LogP contribution in [0, 0.1) is 19.7 Å². The Morgan fingerprint density at radius 3 is 2.10 bits per heavy atom. The Labute approximate surface area is 237 Å². The van der Waals surface area contributed by atoms with Gasteiger partial charge in [-0.1, -0.05) is 55.8 Å². The van der Waals surface area contributed by atoms with Crippen LogP contribution in [0.3, 0.4) is 0 Å². The molecule has 214 valence electrons. The van der Waals surface area contributed by atoms with Gasteiger partial charge in [0.2, 0.25) is 11.8 Å². The predicted octanol–water partition coefficient (Wildman–Crippen LogP) is 5.36. The number of halogens is 1. The molecule has 0 saturated heterocycles. The van der Waals surface area contributed by atoms with Gasteiger partial charge in [-0.3, -0.25) is 13.9 Å². The van der Waals surface area contributed by atoms with Crippen molar-refractivity contribution in [2.75, 3.05) is 10.8 Å². The summed E-state index contributed by atoms with van der Waals surface area (Å²) in [6, 6.07) is 17.9. The number of nitrogens with zero attached hydrogens (tertiary/aromatic N) is 2. The quantitative estimate of drug-likeness (QED) is 0.319. The third kappa shape index (κ3) is 7.47. The van der Waals surface area contributed by atoms with E-state index in [9.17, 15) is 22.4 Å². The van der Waals surface area contributed by atoms with Gasteiger partial charge in [0.15, 0.2) is 0 Å². The number of hydrogen-bond donors (Lipinski definition) is 1. The molecule has 0 aromatic heterocycles. The van der Waals surface area contributed by atoms with Gasteiger partial charge in [0.1, 0.15) is 18.4 Å². The second kappa shape index (κ2) is 13.6. The molecule has 0 spiro atoms. The molecule has 40 heavy (non-hydrogen) atoms. The molecule has 0 aliphatic heterocycles. The number of sulfonamides is 1. The lowest BCUT2D eigenvalue weighted by Gasteiger charge is -2.34. The molecule has 1 N–H and O–H groups in total. The molecule has 2 atom stereocenters. The third-order valence-electron chi connectivity index (χ3n) is 6.99. The monoisotopic (exact) mass is 567 g/mol. The van der Waals surface area contributed by atoms with Crippen LogP contribution in [-0.2, 0) is 26.2 Å². The van der Waals surface area contributed by atoms with Crippen LogP contribution in [0.15, 0.2) is 77.7 Å². The van der Waals surface area contributed by atoms with E-state index in [0.29, 0.717) is 6.42 Å². The Bertz CT molecular complexity index is 1410. The maximum absolute atomic E-state index is 14.1. The van der Waals surface area contributed by atoms with Crippen molar-refractivity contribution in [3.8, 4) is 0 Å². The van der Waals surface area contributed by atoms with Crippen molar-refractivity contribution >= 4 is 27.5 Å². The van der Waals surface area contributed by atoms with Gasteiger partial charge in [0.05, 0.1) is 10.6 Å². The van der Waals surface area contributed by atoms with Gasteiger partial charge in [-0.15, -0.1) is 0 Å². The third-order valence-corrected chi connectivity index (χ3v) is 8.78. The Balaban J connectivity index is 2.06. The van der Waals surface area contributed by atoms with Crippen LogP contribution in [0.2, 0.25) is 0 Å². The van der Waals surface area contributed by atoms with Crippen molar-refractivity contribution in [3.63, 3.8) is 0 Å². The van der Waals surface area contributed by atoms with E-state index in [4.69, 9.17) is 0 Å². The number of hydrogen-bond acceptors (Lipinski definition) is 4. The molecule has 0 aliphatic carbocycles. The average Bonchev–Trinajstić information content (AvgIpc) is 2.93. The minimum atomic E-state index is -4.25. The molecule has 2 amide bonds. The molecule has 3 rings (SSSR count). The average molecular weight is 568 g/mol. The summed E-state index contributed by atoms with van der Waals surface area (Å²) in [6.45, 7) is 9.08. The lowest BCUT2D eigenvalue weighted by Crippen LogP contribution is -2.53. The summed E-state index contributed by atoms with van der Waals surface area (Å²) in [6.07, 6.45) is 1.07. The molecule has 3 aromatic carbocycles. The van der Waals surface area contributed by atoms with E-state index >= 15 is 0 Å². The molecule has 9 heteroatoms. The molecule has 0 saturated carbocycles. The summed E-state index contributed by atoms with van der Waals surface area (Å²) >= 11 is 0. The minimum absolute atomic E-state index is 0.0834. The van der Waals surface area contributed by atoms with Crippen LogP contribution in [0.4, 0.5) is 10.1 Å². The maximum Gasteiger partial charge on any atom is 0.264 e. The minimum Gasteiger partial charge on any atom is -0.352 e. The molecule has 0 heterocycles. The number of benzene rings is 3. The highest BCUT2D eigenvalue weighted by molar-refractivity contribution is 7.92. The molecule has 0 unspecified atom stereocenters. The summed E-state index contributed by atoms with van der Waals surface area (Å²) in [5.74, 6) is -1.39. The molecular weight excluding hydrogens is 529 g/mol. The van der Waals surface area contributed by atoms with Gasteiger partial charge in [0, 0.05) is 12.6 Å². The first-order valence-electron chi connectivity index (χ1n) is 13.5. The standard InChI is InChI=1S/C31H38FN3O4S/c1-6-24(5)33-31(37)29(7-2)34(20-25-11-9-8-10-23(25)4)30(36)21-35(27-16-12-22(3)13-17-27)40(38,39)28-18-14-26(32)15-19-28/h8-19,24,29H,6-7,20-21H2,1-5H3,(H,33,37)/t24-,29+/m0/s1. The van der Waals surface area contributed by atoms with Gasteiger partial charge in [-0.2, -0.15) is 0 Å². The zero-order valence-corrected chi connectivity index (χ0v) is 24.5. The predicted molar refractivity (Wildman–Crippen MR) is 156 cm³/mol. The SMILES string of the molecule is CC[C@H](C(=O)N[C@@H](C)CC)N(Cc1ccccc1C)C(=O)CN(c1ccc(C)cc1)S(=O)(=O)c1ccc(F)cc1. The van der Waals surface area contributed by atoms with Gasteiger partial charge in [-0.05, 0) is 81.1 Å². The summed E-state index contributed by atoms with van der Waals surface area (Å²) < 4.78 is 42.3. The first kappa shape index (κ1) is 30.8. The van der Waals surface area contributed by atoms with Gasteiger partial charge in [0.25, 0.3) is 10.0 Å². The van der Waals surface area contributed by atoms with Crippen molar-refractivity contribution < 1.29 is 22.4 Å². The van der Waals surface area contributed by atoms with E-state index in [1.807, 2.05) is 58.9 Å². The lowest BCUT2D eigenvalue weighted by atomic mass is 10.1. The number of carbonyl (C=O) groups is 2. The number of aryl methyl sites for hydroxylation is 2. The summed E-state index contributed by atoms with van der Waals surface area (Å²) in [5, 5.41) is 2.97. The highest BCUT2D eigenvalue weighted by atomic mass is 32.2. The van der Waals surface area contributed by atoms with Crippen molar-refractivity contribution in [2.45, 2.75) is 71.0 Å². The topological polar surface area (TPSA) is 86.8 Å². The smallest absolute Gasteiger partial charge is 0.264 e. The Morgan fingerprint density at radius 2 is 1.52 bits per heavy atom. The van der Waals surface area contributed by atoms with Crippen LogP contribution >= 0.6 is 0 Å². The first-order valence-corrected chi connectivity index (χ1v) is 14.9. The van der Waals surface area contributed by atoms with E-state index in [1.165, 1.54) is 17.0 Å². The van der Waals surface area contributed by atoms with Crippen LogP contribution in [0.25, 0.3) is 0 Å². The van der Waals surface area contributed by atoms with E-state index < -0.39 is 34.3 Å². The highest BCUT2D eigenvalue weighted by Crippen LogP contribution is 2.26. The number of nitrogens with one attached hydrogen (secondary N) is 1. The Hall–Kier alpha value is -3.72. The van der Waals surface area contributed by atoms with Crippen LogP contribution in [0.5, 0.6) is 0 Å². The fourth-order valence-corrected chi connectivity index (χ4v) is 5.72. The van der Waals surface area contributed by atoms with E-state index in [2.05, 4.69) is 5.32 Å². The normalized spacial score (nSPS) is 12.8. The molecule has 0 aliphatic rings. The molecule has 0 radical (unpaired) electrons.